The molecule has 7 nitrogen and oxygen atoms in total. The smallest absolute Gasteiger partial charge is 0.256 e. The molecule has 0 radical (unpaired) electrons. The maximum atomic E-state index is 13.1. The summed E-state index contributed by atoms with van der Waals surface area (Å²) >= 11 is 0. The van der Waals surface area contributed by atoms with Crippen molar-refractivity contribution < 1.29 is 28.6 Å². The van der Waals surface area contributed by atoms with E-state index in [1.165, 1.54) is 29.2 Å². The number of aliphatic carboxylic acids is 1. The van der Waals surface area contributed by atoms with Gasteiger partial charge in [-0.15, -0.1) is 0 Å². The van der Waals surface area contributed by atoms with E-state index in [1.807, 2.05) is 0 Å². The topological polar surface area (TPSA) is 90.0 Å². The highest BCUT2D eigenvalue weighted by Gasteiger charge is 2.52. The molecule has 4 rings (SSSR count). The zero-order chi connectivity index (χ0) is 21.3. The van der Waals surface area contributed by atoms with Gasteiger partial charge in [-0.1, -0.05) is 18.2 Å². The Kier molecular flexibility index (Phi) is 5.26. The quantitative estimate of drug-likeness (QED) is 0.753. The number of rotatable bonds is 3. The average Bonchev–Trinajstić information content (AvgIpc) is 3.13. The van der Waals surface area contributed by atoms with E-state index < -0.39 is 29.5 Å². The van der Waals surface area contributed by atoms with E-state index in [2.05, 4.69) is 0 Å². The Morgan fingerprint density at radius 1 is 0.933 bits per heavy atom. The molecule has 0 N–H and O–H groups in total. The number of carbonyl (C=O) groups is 3. The number of hydrogen-bond donors (Lipinski definition) is 0. The minimum atomic E-state index is -1.37. The molecule has 0 unspecified atom stereocenters. The fraction of sp³-hybridized carbons (Fsp3) is 0.318. The van der Waals surface area contributed by atoms with Gasteiger partial charge in [0.05, 0.1) is 18.6 Å². The summed E-state index contributed by atoms with van der Waals surface area (Å²) in [6.45, 7) is 0.385. The molecule has 1 atom stereocenters. The standard InChI is InChI=1S/C22H21FN2O5/c23-17-8-6-16(7-9-17)19(26)24-12-10-22(11-13-24)25(18(14-30-22)21(28)29)20(27)15-4-2-1-3-5-15/h1-9,18H,10-14H2,(H,28,29)/p-1/t18-/m1/s1. The molecule has 2 saturated heterocycles. The van der Waals surface area contributed by atoms with Crippen molar-refractivity contribution in [3.8, 4) is 0 Å². The van der Waals surface area contributed by atoms with Gasteiger partial charge in [-0.3, -0.25) is 14.5 Å². The molecule has 2 aromatic rings. The highest BCUT2D eigenvalue weighted by atomic mass is 19.1. The molecule has 30 heavy (non-hydrogen) atoms. The van der Waals surface area contributed by atoms with Gasteiger partial charge in [0.25, 0.3) is 11.8 Å². The predicted octanol–water partition coefficient (Wildman–Crippen LogP) is 1.05. The molecule has 2 amide bonds. The Hall–Kier alpha value is -3.26. The summed E-state index contributed by atoms with van der Waals surface area (Å²) in [5.74, 6) is -2.49. The Bertz CT molecular complexity index is 955. The molecule has 156 valence electrons. The van der Waals surface area contributed by atoms with Crippen LogP contribution in [0.25, 0.3) is 0 Å². The molecule has 2 fully saturated rings. The second kappa shape index (κ2) is 7.87. The molecule has 2 heterocycles. The number of carboxylic acids is 1. The van der Waals surface area contributed by atoms with Crippen molar-refractivity contribution in [2.45, 2.75) is 24.6 Å². The fourth-order valence-electron chi connectivity index (χ4n) is 4.10. The first-order chi connectivity index (χ1) is 14.4. The number of carbonyl (C=O) groups excluding carboxylic acids is 3. The highest BCUT2D eigenvalue weighted by molar-refractivity contribution is 5.97. The van der Waals surface area contributed by atoms with Crippen molar-refractivity contribution in [1.82, 2.24) is 9.80 Å². The summed E-state index contributed by atoms with van der Waals surface area (Å²) in [5, 5.41) is 11.7. The second-order valence-corrected chi connectivity index (χ2v) is 7.43. The number of piperidine rings is 1. The van der Waals surface area contributed by atoms with Crippen molar-refractivity contribution >= 4 is 17.8 Å². The van der Waals surface area contributed by atoms with Crippen molar-refractivity contribution in [3.63, 3.8) is 0 Å². The summed E-state index contributed by atoms with van der Waals surface area (Å²) in [6.07, 6.45) is 0.532. The van der Waals surface area contributed by atoms with Crippen molar-refractivity contribution in [3.05, 3.63) is 71.5 Å². The van der Waals surface area contributed by atoms with Crippen molar-refractivity contribution in [2.24, 2.45) is 0 Å². The van der Waals surface area contributed by atoms with Crippen LogP contribution in [0.2, 0.25) is 0 Å². The van der Waals surface area contributed by atoms with Crippen LogP contribution in [-0.4, -0.2) is 59.0 Å². The monoisotopic (exact) mass is 411 g/mol. The van der Waals surface area contributed by atoms with Crippen molar-refractivity contribution in [2.75, 3.05) is 19.7 Å². The molecular formula is C22H20FN2O5-. The van der Waals surface area contributed by atoms with Crippen LogP contribution in [0.1, 0.15) is 33.6 Å². The van der Waals surface area contributed by atoms with Gasteiger partial charge in [0.2, 0.25) is 0 Å². The van der Waals surface area contributed by atoms with Crippen LogP contribution in [0.3, 0.4) is 0 Å². The molecule has 2 aromatic carbocycles. The fourth-order valence-corrected chi connectivity index (χ4v) is 4.10. The molecule has 0 bridgehead atoms. The van der Waals surface area contributed by atoms with Gasteiger partial charge >= 0.3 is 0 Å². The lowest BCUT2D eigenvalue weighted by Crippen LogP contribution is -2.60. The first kappa shape index (κ1) is 20.0. The van der Waals surface area contributed by atoms with Crippen LogP contribution in [0.5, 0.6) is 0 Å². The SMILES string of the molecule is O=C([O-])[C@H]1COC2(CCN(C(=O)c3ccc(F)cc3)CC2)N1C(=O)c1ccccc1. The van der Waals surface area contributed by atoms with E-state index >= 15 is 0 Å². The molecule has 0 saturated carbocycles. The van der Waals surface area contributed by atoms with Gasteiger partial charge in [0.15, 0.2) is 0 Å². The summed E-state index contributed by atoms with van der Waals surface area (Å²) in [5.41, 5.74) is -0.389. The number of likely N-dealkylation sites (tertiary alicyclic amines) is 1. The normalized spacial score (nSPS) is 20.4. The average molecular weight is 411 g/mol. The molecule has 8 heteroatoms. The van der Waals surface area contributed by atoms with Gasteiger partial charge in [-0.2, -0.15) is 0 Å². The largest absolute Gasteiger partial charge is 0.548 e. The molecule has 2 aliphatic heterocycles. The number of halogens is 1. The molecule has 1 spiro atoms. The van der Waals surface area contributed by atoms with Crippen LogP contribution in [0, 0.1) is 5.82 Å². The maximum Gasteiger partial charge on any atom is 0.256 e. The minimum absolute atomic E-state index is 0.160. The maximum absolute atomic E-state index is 13.1. The van der Waals surface area contributed by atoms with Gasteiger partial charge in [0, 0.05) is 37.1 Å². The zero-order valence-electron chi connectivity index (χ0n) is 16.1. The first-order valence-corrected chi connectivity index (χ1v) is 9.70. The summed E-state index contributed by atoms with van der Waals surface area (Å²) in [4.78, 5) is 40.4. The van der Waals surface area contributed by atoms with Crippen LogP contribution in [0.4, 0.5) is 4.39 Å². The second-order valence-electron chi connectivity index (χ2n) is 7.43. The lowest BCUT2D eigenvalue weighted by atomic mass is 9.96. The van der Waals surface area contributed by atoms with Crippen LogP contribution in [0.15, 0.2) is 54.6 Å². The summed E-state index contributed by atoms with van der Waals surface area (Å²) in [7, 11) is 0. The third-order valence-corrected chi connectivity index (χ3v) is 5.70. The predicted molar refractivity (Wildman–Crippen MR) is 102 cm³/mol. The Morgan fingerprint density at radius 2 is 1.53 bits per heavy atom. The minimum Gasteiger partial charge on any atom is -0.548 e. The highest BCUT2D eigenvalue weighted by Crippen LogP contribution is 2.38. The number of amides is 2. The number of ether oxygens (including phenoxy) is 1. The Labute approximate surface area is 172 Å². The summed E-state index contributed by atoms with van der Waals surface area (Å²) < 4.78 is 19.0. The summed E-state index contributed by atoms with van der Waals surface area (Å²) in [6, 6.07) is 12.5. The molecule has 2 aliphatic rings. The third kappa shape index (κ3) is 3.54. The van der Waals surface area contributed by atoms with E-state index in [0.717, 1.165) is 0 Å². The molecule has 0 aromatic heterocycles. The van der Waals surface area contributed by atoms with E-state index in [1.54, 1.807) is 35.2 Å². The number of nitrogens with zero attached hydrogens (tertiary/aromatic N) is 2. The van der Waals surface area contributed by atoms with Gasteiger partial charge < -0.3 is 19.5 Å². The Balaban J connectivity index is 1.54. The third-order valence-electron chi connectivity index (χ3n) is 5.70. The number of benzene rings is 2. The zero-order valence-corrected chi connectivity index (χ0v) is 16.1. The lowest BCUT2D eigenvalue weighted by molar-refractivity contribution is -0.310. The van der Waals surface area contributed by atoms with E-state index in [0.29, 0.717) is 11.1 Å². The number of carboxylic acid groups (broad SMARTS) is 1. The van der Waals surface area contributed by atoms with Gasteiger partial charge in [0.1, 0.15) is 11.5 Å². The van der Waals surface area contributed by atoms with Crippen LogP contribution < -0.4 is 5.11 Å². The van der Waals surface area contributed by atoms with E-state index in [-0.39, 0.29) is 38.4 Å². The Morgan fingerprint density at radius 3 is 2.13 bits per heavy atom. The first-order valence-electron chi connectivity index (χ1n) is 9.70. The number of hydrogen-bond acceptors (Lipinski definition) is 5. The van der Waals surface area contributed by atoms with Gasteiger partial charge in [-0.05, 0) is 36.4 Å². The molecular weight excluding hydrogens is 391 g/mol. The molecule has 0 aliphatic carbocycles. The van der Waals surface area contributed by atoms with Crippen LogP contribution in [-0.2, 0) is 9.53 Å². The van der Waals surface area contributed by atoms with E-state index in [4.69, 9.17) is 4.74 Å². The van der Waals surface area contributed by atoms with Crippen LogP contribution >= 0.6 is 0 Å². The van der Waals surface area contributed by atoms with Crippen molar-refractivity contribution in [1.29, 1.82) is 0 Å². The van der Waals surface area contributed by atoms with Gasteiger partial charge in [-0.25, -0.2) is 4.39 Å². The lowest BCUT2D eigenvalue weighted by Gasteiger charge is -2.45. The van der Waals surface area contributed by atoms with E-state index in [9.17, 15) is 23.9 Å².